The van der Waals surface area contributed by atoms with Gasteiger partial charge in [-0.2, -0.15) is 27.8 Å². The Morgan fingerprint density at radius 1 is 0.960 bits per heavy atom. The molecule has 0 aliphatic rings. The molecule has 0 N–H and O–H groups in total. The van der Waals surface area contributed by atoms with Gasteiger partial charge in [-0.05, 0) is 5.56 Å². The first-order chi connectivity index (χ1) is 11.3. The molecule has 0 fully saturated rings. The number of hydrogen-bond acceptors (Lipinski definition) is 2. The van der Waals surface area contributed by atoms with Gasteiger partial charge in [-0.3, -0.25) is 4.21 Å². The summed E-state index contributed by atoms with van der Waals surface area (Å²) >= 11 is -1.97. The molecular formula is C19H22FeO4S. The molecule has 0 aliphatic carbocycles. The smallest absolute Gasteiger partial charge is 2.00 e. The molecule has 2 aromatic carbocycles. The van der Waals surface area contributed by atoms with Crippen molar-refractivity contribution in [3.8, 4) is 0 Å². The summed E-state index contributed by atoms with van der Waals surface area (Å²) in [5.41, 5.74) is 8.17. The molecule has 0 saturated heterocycles. The van der Waals surface area contributed by atoms with Gasteiger partial charge in [0.05, 0.1) is 0 Å². The monoisotopic (exact) mass is 402 g/mol. The minimum atomic E-state index is -1.97. The normalized spacial score (nSPS) is 9.52. The third-order valence-electron chi connectivity index (χ3n) is 3.94. The second kappa shape index (κ2) is 16.2. The number of hydrogen-bond donors (Lipinski definition) is 0. The summed E-state index contributed by atoms with van der Waals surface area (Å²) in [5.74, 6) is 0.112. The zero-order valence-electron chi connectivity index (χ0n) is 15.0. The quantitative estimate of drug-likeness (QED) is 0.330. The summed E-state index contributed by atoms with van der Waals surface area (Å²) in [6.45, 7) is 20.0. The van der Waals surface area contributed by atoms with E-state index in [2.05, 4.69) is 47.9 Å². The Kier molecular flexibility index (Phi) is 18.4. The van der Waals surface area contributed by atoms with Crippen LogP contribution in [0, 0.1) is 47.9 Å². The molecule has 136 valence electrons. The average Bonchev–Trinajstić information content (AvgIpc) is 2.77. The fourth-order valence-corrected chi connectivity index (χ4v) is 2.58. The molecule has 2 rings (SSSR count). The van der Waals surface area contributed by atoms with Gasteiger partial charge in [-0.15, -0.1) is 0 Å². The standard InChI is InChI=1S/C10H15.C7H8O2S.2CO.Fe/c1-6-7(2)9(4)10(5)8(6)3;8-10(9)6-7-4-2-1-3-5-7;2*1-2;/h1-5H3;1-5H,6H2,(H,8,9);;;/q-1;;;;+2/p-1. The van der Waals surface area contributed by atoms with E-state index in [9.17, 15) is 8.76 Å². The van der Waals surface area contributed by atoms with Crippen LogP contribution in [0.3, 0.4) is 0 Å². The van der Waals surface area contributed by atoms with E-state index in [0.717, 1.165) is 5.56 Å². The van der Waals surface area contributed by atoms with Crippen molar-refractivity contribution in [3.05, 3.63) is 77.0 Å². The van der Waals surface area contributed by atoms with Crippen molar-refractivity contribution >= 4 is 11.1 Å². The summed E-state index contributed by atoms with van der Waals surface area (Å²) in [7, 11) is 0. The zero-order chi connectivity index (χ0) is 19.3. The van der Waals surface area contributed by atoms with Gasteiger partial charge in [0, 0.05) is 5.75 Å². The van der Waals surface area contributed by atoms with Crippen molar-refractivity contribution in [2.75, 3.05) is 0 Å². The predicted molar refractivity (Wildman–Crippen MR) is 92.6 cm³/mol. The minimum Gasteiger partial charge on any atom is 2.00 e. The SMILES string of the molecule is Cc1c(C)c(C)[c-](C)c1C.O=S([O-])Cc1ccccc1.[C-]#[O+].[C-]#[O+].[Fe+2]. The maximum Gasteiger partial charge on any atom is 2.00 e. The molecule has 0 heterocycles. The largest absolute Gasteiger partial charge is 2.00 e. The maximum absolute atomic E-state index is 10.2. The van der Waals surface area contributed by atoms with Crippen LogP contribution in [0.15, 0.2) is 30.3 Å². The van der Waals surface area contributed by atoms with Gasteiger partial charge in [0.25, 0.3) is 0 Å². The van der Waals surface area contributed by atoms with Crippen LogP contribution in [-0.2, 0) is 43.2 Å². The molecule has 2 aromatic rings. The Morgan fingerprint density at radius 3 is 1.56 bits per heavy atom. The number of benzene rings is 1. The van der Waals surface area contributed by atoms with E-state index in [1.165, 1.54) is 27.8 Å². The Balaban J connectivity index is -0.000000312. The third kappa shape index (κ3) is 10.3. The fraction of sp³-hybridized carbons (Fsp3) is 0.316. The molecule has 0 bridgehead atoms. The van der Waals surface area contributed by atoms with Gasteiger partial charge in [0.2, 0.25) is 0 Å². The van der Waals surface area contributed by atoms with E-state index in [1.807, 2.05) is 18.2 Å². The molecule has 1 unspecified atom stereocenters. The molecule has 4 nitrogen and oxygen atoms in total. The van der Waals surface area contributed by atoms with Crippen LogP contribution in [0.25, 0.3) is 0 Å². The Bertz CT molecular complexity index is 587. The van der Waals surface area contributed by atoms with E-state index in [0.29, 0.717) is 0 Å². The molecule has 0 aromatic heterocycles. The number of rotatable bonds is 2. The molecule has 25 heavy (non-hydrogen) atoms. The van der Waals surface area contributed by atoms with Crippen LogP contribution in [-0.4, -0.2) is 8.76 Å². The summed E-state index contributed by atoms with van der Waals surface area (Å²) < 4.78 is 35.3. The second-order valence-electron chi connectivity index (χ2n) is 5.06. The molecule has 0 spiro atoms. The molecule has 0 radical (unpaired) electrons. The first-order valence-corrected chi connectivity index (χ1v) is 8.29. The van der Waals surface area contributed by atoms with E-state index >= 15 is 0 Å². The second-order valence-corrected chi connectivity index (χ2v) is 5.95. The van der Waals surface area contributed by atoms with Crippen molar-refractivity contribution in [1.82, 2.24) is 0 Å². The van der Waals surface area contributed by atoms with Crippen molar-refractivity contribution in [2.24, 2.45) is 0 Å². The van der Waals surface area contributed by atoms with Crippen molar-refractivity contribution in [2.45, 2.75) is 40.4 Å². The predicted octanol–water partition coefficient (Wildman–Crippen LogP) is 3.94. The third-order valence-corrected chi connectivity index (χ3v) is 4.51. The molecule has 1 atom stereocenters. The first-order valence-electron chi connectivity index (χ1n) is 7.04. The Hall–Kier alpha value is -1.32. The van der Waals surface area contributed by atoms with Crippen LogP contribution < -0.4 is 0 Å². The van der Waals surface area contributed by atoms with Crippen LogP contribution >= 0.6 is 0 Å². The van der Waals surface area contributed by atoms with Crippen molar-refractivity contribution in [1.29, 1.82) is 0 Å². The first kappa shape index (κ1) is 28.5. The molecule has 0 saturated carbocycles. The summed E-state index contributed by atoms with van der Waals surface area (Å²) in [6, 6.07) is 9.08. The van der Waals surface area contributed by atoms with Crippen molar-refractivity contribution in [3.63, 3.8) is 0 Å². The van der Waals surface area contributed by atoms with Gasteiger partial charge in [-0.25, -0.2) is 0 Å². The van der Waals surface area contributed by atoms with Crippen molar-refractivity contribution < 1.29 is 35.1 Å². The fourth-order valence-electron chi connectivity index (χ4n) is 2.12. The van der Waals surface area contributed by atoms with E-state index in [1.54, 1.807) is 12.1 Å². The summed E-state index contributed by atoms with van der Waals surface area (Å²) in [6.07, 6.45) is 0. The van der Waals surface area contributed by atoms with Crippen LogP contribution in [0.1, 0.15) is 33.4 Å². The molecule has 0 aliphatic heterocycles. The van der Waals surface area contributed by atoms with Gasteiger partial charge < -0.3 is 4.55 Å². The van der Waals surface area contributed by atoms with Gasteiger partial charge in [-0.1, -0.05) is 76.0 Å². The minimum absolute atomic E-state index is 0. The average molecular weight is 402 g/mol. The Labute approximate surface area is 163 Å². The topological polar surface area (TPSA) is 79.9 Å². The summed E-state index contributed by atoms with van der Waals surface area (Å²) in [5, 5.41) is 0. The van der Waals surface area contributed by atoms with Crippen LogP contribution in [0.2, 0.25) is 0 Å². The molecule has 6 heteroatoms. The zero-order valence-corrected chi connectivity index (χ0v) is 16.9. The molecule has 0 amide bonds. The van der Waals surface area contributed by atoms with E-state index in [-0.39, 0.29) is 22.8 Å². The van der Waals surface area contributed by atoms with Gasteiger partial charge in [0.1, 0.15) is 0 Å². The van der Waals surface area contributed by atoms with Crippen LogP contribution in [0.4, 0.5) is 0 Å². The van der Waals surface area contributed by atoms with E-state index < -0.39 is 11.1 Å². The molecular weight excluding hydrogens is 380 g/mol. The van der Waals surface area contributed by atoms with Crippen LogP contribution in [0.5, 0.6) is 0 Å². The Morgan fingerprint density at radius 2 is 1.32 bits per heavy atom. The maximum atomic E-state index is 10.2. The van der Waals surface area contributed by atoms with Gasteiger partial charge in [0.15, 0.2) is 0 Å². The van der Waals surface area contributed by atoms with Gasteiger partial charge >= 0.3 is 39.7 Å². The summed E-state index contributed by atoms with van der Waals surface area (Å²) in [4.78, 5) is 0. The van der Waals surface area contributed by atoms with E-state index in [4.69, 9.17) is 9.30 Å².